The molecule has 0 fully saturated rings. The van der Waals surface area contributed by atoms with E-state index in [2.05, 4.69) is 88.8 Å². The largest absolute Gasteiger partial charge is 0.456 e. The summed E-state index contributed by atoms with van der Waals surface area (Å²) in [5.74, 6) is 1.28. The van der Waals surface area contributed by atoms with Crippen molar-refractivity contribution >= 4 is 61.8 Å². The van der Waals surface area contributed by atoms with Crippen molar-refractivity contribution in [3.8, 4) is 78.4 Å². The quantitative estimate of drug-likeness (QED) is 0.0823. The monoisotopic (exact) mass is 1160 g/mol. The van der Waals surface area contributed by atoms with Crippen LogP contribution in [0.3, 0.4) is 0 Å². The van der Waals surface area contributed by atoms with E-state index in [1.54, 1.807) is 18.3 Å². The second-order valence-corrected chi connectivity index (χ2v) is 21.5. The first-order chi connectivity index (χ1) is 44.3. The zero-order valence-corrected chi connectivity index (χ0v) is 48.4. The number of fused-ring (bicyclic) bond motifs is 4. The maximum atomic E-state index is 13.2. The van der Waals surface area contributed by atoms with Crippen LogP contribution in [-0.2, 0) is 0 Å². The third-order valence-corrected chi connectivity index (χ3v) is 15.8. The zero-order valence-electron chi connectivity index (χ0n) is 48.4. The van der Waals surface area contributed by atoms with Crippen molar-refractivity contribution < 1.29 is 8.83 Å². The number of nitrogens with zero attached hydrogens (tertiary/aromatic N) is 4. The highest BCUT2D eigenvalue weighted by Crippen LogP contribution is 2.40. The van der Waals surface area contributed by atoms with Crippen LogP contribution in [0.5, 0.6) is 0 Å². The van der Waals surface area contributed by atoms with Crippen LogP contribution in [0, 0.1) is 5.41 Å². The lowest BCUT2D eigenvalue weighted by Crippen LogP contribution is -2.04. The van der Waals surface area contributed by atoms with Crippen molar-refractivity contribution in [1.29, 1.82) is 5.41 Å². The zero-order chi connectivity index (χ0) is 60.8. The number of aromatic nitrogens is 2. The van der Waals surface area contributed by atoms with Gasteiger partial charge in [0.2, 0.25) is 10.9 Å². The fourth-order valence-electron chi connectivity index (χ4n) is 11.2. The topological polar surface area (TPSA) is 135 Å². The number of para-hydroxylation sites is 2. The van der Waals surface area contributed by atoms with Gasteiger partial charge in [-0.1, -0.05) is 249 Å². The minimum Gasteiger partial charge on any atom is -0.456 e. The second-order valence-electron chi connectivity index (χ2n) is 21.5. The average molecular weight is 1160 g/mol. The Labute approximate surface area is 518 Å². The summed E-state index contributed by atoms with van der Waals surface area (Å²) in [6.07, 6.45) is 1.77. The molecule has 0 atom stereocenters. The number of amidine groups is 2. The van der Waals surface area contributed by atoms with Crippen molar-refractivity contribution in [2.24, 2.45) is 9.98 Å². The second kappa shape index (κ2) is 24.9. The molecular formula is C81H53N5O4. The molecule has 3 heterocycles. The smallest absolute Gasteiger partial charge is 0.200 e. The van der Waals surface area contributed by atoms with Crippen molar-refractivity contribution in [2.45, 2.75) is 0 Å². The number of rotatable bonds is 10. The fraction of sp³-hybridized carbons (Fsp3) is 0. The van der Waals surface area contributed by atoms with Gasteiger partial charge in [0, 0.05) is 34.0 Å². The summed E-state index contributed by atoms with van der Waals surface area (Å²) in [5, 5.41) is 10.8. The summed E-state index contributed by atoms with van der Waals surface area (Å²) in [6, 6.07) is 101. The molecule has 9 heteroatoms. The summed E-state index contributed by atoms with van der Waals surface area (Å²) >= 11 is 0. The molecule has 15 aromatic rings. The van der Waals surface area contributed by atoms with Gasteiger partial charge in [0.1, 0.15) is 22.3 Å². The Balaban J connectivity index is 0.000000157. The standard InChI is InChI=1S/C41H26N2O2.C40H27N3O2/c44-40-34-21-11-12-22-38(34)45-39-25-29(23-24-35(39)40)30-17-7-8-18-31(30)32-19-9-10-20-33(32)41-42-36(27-13-3-1-4-14-27)26-37(43-41)28-15-5-2-6-16-28;41-39(29-10-3-1-4-11-29)43-40(30-12-5-2-6-13-30)42-26-27-18-20-28(21-19-27)31-14-9-15-32(24-31)33-22-23-37-35(25-33)38(44)34-16-7-8-17-36(34)45-37/h1-26H;1-26,41H. The molecule has 3 aromatic heterocycles. The Bertz CT molecular complexity index is 5300. The summed E-state index contributed by atoms with van der Waals surface area (Å²) in [6.45, 7) is 0. The third-order valence-electron chi connectivity index (χ3n) is 15.8. The van der Waals surface area contributed by atoms with Gasteiger partial charge in [0.05, 0.1) is 32.9 Å². The Kier molecular flexibility index (Phi) is 15.4. The van der Waals surface area contributed by atoms with Gasteiger partial charge >= 0.3 is 0 Å². The molecule has 0 amide bonds. The highest BCUT2D eigenvalue weighted by atomic mass is 16.3. The highest BCUT2D eigenvalue weighted by molar-refractivity contribution is 6.13. The van der Waals surface area contributed by atoms with Crippen LogP contribution >= 0.6 is 0 Å². The maximum absolute atomic E-state index is 13.2. The first-order valence-electron chi connectivity index (χ1n) is 29.5. The van der Waals surface area contributed by atoms with Crippen molar-refractivity contribution in [2.75, 3.05) is 0 Å². The minimum atomic E-state index is -0.0283. The van der Waals surface area contributed by atoms with Crippen LogP contribution in [-0.4, -0.2) is 27.9 Å². The van der Waals surface area contributed by atoms with Crippen molar-refractivity contribution in [3.05, 3.63) is 347 Å². The van der Waals surface area contributed by atoms with E-state index in [-0.39, 0.29) is 16.7 Å². The third kappa shape index (κ3) is 11.6. The normalized spacial score (nSPS) is 11.5. The van der Waals surface area contributed by atoms with Crippen LogP contribution in [0.4, 0.5) is 0 Å². The van der Waals surface area contributed by atoms with Gasteiger partial charge < -0.3 is 8.83 Å². The van der Waals surface area contributed by atoms with Gasteiger partial charge in [-0.2, -0.15) is 0 Å². The minimum absolute atomic E-state index is 0.0262. The van der Waals surface area contributed by atoms with Crippen LogP contribution in [0.1, 0.15) is 16.7 Å². The summed E-state index contributed by atoms with van der Waals surface area (Å²) < 4.78 is 12.2. The van der Waals surface area contributed by atoms with Gasteiger partial charge in [-0.05, 0) is 111 Å². The molecule has 0 aliphatic heterocycles. The molecule has 1 N–H and O–H groups in total. The SMILES string of the molecule is N=C(N=C(N=Cc1ccc(-c2cccc(-c3ccc4oc5ccccc5c(=O)c4c3)c2)cc1)c1ccccc1)c1ccccc1.O=c1c2ccccc2oc2cc(-c3ccccc3-c3ccccc3-c3nc(-c4ccccc4)cc(-c4ccccc4)n3)ccc12. The highest BCUT2D eigenvalue weighted by Gasteiger charge is 2.19. The van der Waals surface area contributed by atoms with E-state index < -0.39 is 0 Å². The van der Waals surface area contributed by atoms with E-state index in [9.17, 15) is 9.59 Å². The predicted octanol–water partition coefficient (Wildman–Crippen LogP) is 19.2. The molecule has 0 unspecified atom stereocenters. The van der Waals surface area contributed by atoms with Gasteiger partial charge in [-0.15, -0.1) is 0 Å². The molecule has 15 rings (SSSR count). The first kappa shape index (κ1) is 55.5. The van der Waals surface area contributed by atoms with Gasteiger partial charge in [0.25, 0.3) is 0 Å². The molecule has 9 nitrogen and oxygen atoms in total. The van der Waals surface area contributed by atoms with E-state index in [4.69, 9.17) is 24.2 Å². The predicted molar refractivity (Wildman–Crippen MR) is 367 cm³/mol. The molecule has 0 aliphatic carbocycles. The number of benzene rings is 12. The molecule has 0 bridgehead atoms. The maximum Gasteiger partial charge on any atom is 0.200 e. The van der Waals surface area contributed by atoms with E-state index in [1.807, 2.05) is 218 Å². The lowest BCUT2D eigenvalue weighted by Gasteiger charge is -2.15. The molecule has 0 aliphatic rings. The molecule has 90 heavy (non-hydrogen) atoms. The number of hydrogen-bond acceptors (Lipinski definition) is 7. The van der Waals surface area contributed by atoms with Gasteiger partial charge in [-0.3, -0.25) is 15.0 Å². The molecule has 0 saturated carbocycles. The lowest BCUT2D eigenvalue weighted by atomic mass is 9.91. The number of aliphatic imine (C=N–C) groups is 2. The summed E-state index contributed by atoms with van der Waals surface area (Å²) in [5.41, 5.74) is 17.5. The van der Waals surface area contributed by atoms with Gasteiger partial charge in [0.15, 0.2) is 17.5 Å². The molecule has 0 saturated heterocycles. The van der Waals surface area contributed by atoms with E-state index in [1.165, 1.54) is 0 Å². The van der Waals surface area contributed by atoms with E-state index in [0.29, 0.717) is 55.5 Å². The van der Waals surface area contributed by atoms with Crippen LogP contribution < -0.4 is 10.9 Å². The number of hydrogen-bond donors (Lipinski definition) is 1. The van der Waals surface area contributed by atoms with Crippen LogP contribution in [0.25, 0.3) is 122 Å². The molecule has 0 radical (unpaired) electrons. The van der Waals surface area contributed by atoms with E-state index in [0.717, 1.165) is 89.3 Å². The van der Waals surface area contributed by atoms with E-state index >= 15 is 0 Å². The van der Waals surface area contributed by atoms with Gasteiger partial charge in [-0.25, -0.2) is 20.0 Å². The Morgan fingerprint density at radius 1 is 0.333 bits per heavy atom. The summed E-state index contributed by atoms with van der Waals surface area (Å²) in [7, 11) is 0. The first-order valence-corrected chi connectivity index (χ1v) is 29.5. The lowest BCUT2D eigenvalue weighted by molar-refractivity contribution is 0.659. The van der Waals surface area contributed by atoms with Crippen LogP contribution in [0.2, 0.25) is 0 Å². The molecular weight excluding hydrogens is 1110 g/mol. The fourth-order valence-corrected chi connectivity index (χ4v) is 11.2. The Morgan fingerprint density at radius 2 is 0.778 bits per heavy atom. The van der Waals surface area contributed by atoms with Crippen LogP contribution in [0.15, 0.2) is 338 Å². The van der Waals surface area contributed by atoms with Crippen molar-refractivity contribution in [3.63, 3.8) is 0 Å². The number of nitrogens with one attached hydrogen (secondary N) is 1. The summed E-state index contributed by atoms with van der Waals surface area (Å²) in [4.78, 5) is 45.9. The molecule has 426 valence electrons. The molecule has 12 aromatic carbocycles. The average Bonchev–Trinajstić information content (AvgIpc) is 0.936. The molecule has 0 spiro atoms. The van der Waals surface area contributed by atoms with Crippen molar-refractivity contribution in [1.82, 2.24) is 9.97 Å². The Hall–Kier alpha value is -12.3. The Morgan fingerprint density at radius 3 is 1.41 bits per heavy atom.